The minimum atomic E-state index is -0.288. The molecule has 2 aromatic heterocycles. The fraction of sp³-hybridized carbons (Fsp3) is 0.273. The van der Waals surface area contributed by atoms with Crippen LogP contribution in [0.4, 0.5) is 0 Å². The quantitative estimate of drug-likeness (QED) is 0.812. The molecule has 2 rings (SSSR count). The van der Waals surface area contributed by atoms with Gasteiger partial charge in [0.2, 0.25) is 0 Å². The Morgan fingerprint density at radius 3 is 2.65 bits per heavy atom. The van der Waals surface area contributed by atoms with E-state index >= 15 is 0 Å². The normalized spacial score (nSPS) is 12.1. The molecule has 0 N–H and O–H groups in total. The third-order valence-electron chi connectivity index (χ3n) is 2.36. The van der Waals surface area contributed by atoms with Crippen LogP contribution in [-0.4, -0.2) is 10.5 Å². The monoisotopic (exact) mass is 314 g/mol. The fourth-order valence-electron chi connectivity index (χ4n) is 1.48. The van der Waals surface area contributed by atoms with Gasteiger partial charge < -0.3 is 8.98 Å². The van der Waals surface area contributed by atoms with E-state index in [0.29, 0.717) is 26.4 Å². The summed E-state index contributed by atoms with van der Waals surface area (Å²) < 4.78 is 7.87. The summed E-state index contributed by atoms with van der Waals surface area (Å²) in [5.41, 5.74) is 0.496. The first-order valence-electron chi connectivity index (χ1n) is 4.95. The zero-order valence-electron chi connectivity index (χ0n) is 9.65. The third kappa shape index (κ3) is 2.28. The van der Waals surface area contributed by atoms with Gasteiger partial charge in [0.05, 0.1) is 10.0 Å². The van der Waals surface area contributed by atoms with Gasteiger partial charge in [0.1, 0.15) is 11.5 Å². The van der Waals surface area contributed by atoms with E-state index in [9.17, 15) is 4.79 Å². The standard InChI is InChI=1S/C11H11BrN2O2S/c1-6-8(9(12)7(2)16-6)10(15)13-11-14(3)4-5-17-11/h4-5H,1-3H3. The van der Waals surface area contributed by atoms with E-state index in [1.54, 1.807) is 18.4 Å². The second-order valence-corrected chi connectivity index (χ2v) is 5.28. The van der Waals surface area contributed by atoms with Crippen molar-refractivity contribution in [3.8, 4) is 0 Å². The van der Waals surface area contributed by atoms with Crippen molar-refractivity contribution in [1.82, 2.24) is 4.57 Å². The Morgan fingerprint density at radius 2 is 2.18 bits per heavy atom. The maximum Gasteiger partial charge on any atom is 0.284 e. The molecule has 0 atom stereocenters. The van der Waals surface area contributed by atoms with Crippen molar-refractivity contribution >= 4 is 33.2 Å². The van der Waals surface area contributed by atoms with Gasteiger partial charge in [-0.2, -0.15) is 4.99 Å². The zero-order chi connectivity index (χ0) is 12.6. The summed E-state index contributed by atoms with van der Waals surface area (Å²) in [4.78, 5) is 16.8. The summed E-state index contributed by atoms with van der Waals surface area (Å²) in [7, 11) is 1.85. The van der Waals surface area contributed by atoms with E-state index in [1.165, 1.54) is 11.3 Å². The maximum atomic E-state index is 12.1. The summed E-state index contributed by atoms with van der Waals surface area (Å²) in [6.07, 6.45) is 1.86. The molecular weight excluding hydrogens is 304 g/mol. The molecule has 0 aliphatic carbocycles. The average molecular weight is 315 g/mol. The van der Waals surface area contributed by atoms with Crippen LogP contribution in [-0.2, 0) is 7.05 Å². The molecular formula is C11H11BrN2O2S. The molecule has 0 saturated carbocycles. The lowest BCUT2D eigenvalue weighted by Crippen LogP contribution is -2.12. The van der Waals surface area contributed by atoms with Crippen molar-refractivity contribution < 1.29 is 9.21 Å². The second kappa shape index (κ2) is 4.62. The molecule has 0 aromatic carbocycles. The van der Waals surface area contributed by atoms with Gasteiger partial charge in [-0.3, -0.25) is 4.79 Å². The molecule has 0 saturated heterocycles. The third-order valence-corrected chi connectivity index (χ3v) is 4.16. The minimum Gasteiger partial charge on any atom is -0.465 e. The van der Waals surface area contributed by atoms with Crippen LogP contribution >= 0.6 is 27.3 Å². The van der Waals surface area contributed by atoms with Crippen molar-refractivity contribution in [2.75, 3.05) is 0 Å². The van der Waals surface area contributed by atoms with E-state index in [2.05, 4.69) is 20.9 Å². The molecule has 0 spiro atoms. The van der Waals surface area contributed by atoms with E-state index in [4.69, 9.17) is 4.42 Å². The average Bonchev–Trinajstić information content (AvgIpc) is 2.74. The number of aryl methyl sites for hydroxylation is 3. The predicted octanol–water partition coefficient (Wildman–Crippen LogP) is 2.80. The highest BCUT2D eigenvalue weighted by Crippen LogP contribution is 2.27. The SMILES string of the molecule is Cc1oc(C)c(C(=O)N=c2sccn2C)c1Br. The Labute approximate surface area is 111 Å². The van der Waals surface area contributed by atoms with Crippen molar-refractivity contribution in [1.29, 1.82) is 0 Å². The van der Waals surface area contributed by atoms with Crippen LogP contribution in [0.25, 0.3) is 0 Å². The van der Waals surface area contributed by atoms with Crippen LogP contribution in [0.3, 0.4) is 0 Å². The molecule has 0 aliphatic heterocycles. The molecule has 0 fully saturated rings. The van der Waals surface area contributed by atoms with Crippen LogP contribution in [0.1, 0.15) is 21.9 Å². The second-order valence-electron chi connectivity index (χ2n) is 3.62. The number of rotatable bonds is 1. The van der Waals surface area contributed by atoms with Crippen LogP contribution < -0.4 is 4.80 Å². The number of carbonyl (C=O) groups excluding carboxylic acids is 1. The number of furan rings is 1. The molecule has 90 valence electrons. The topological polar surface area (TPSA) is 47.5 Å². The van der Waals surface area contributed by atoms with Gasteiger partial charge in [-0.15, -0.1) is 11.3 Å². The van der Waals surface area contributed by atoms with E-state index in [1.807, 2.05) is 18.6 Å². The Bertz CT molecular complexity index is 636. The molecule has 4 nitrogen and oxygen atoms in total. The Hall–Kier alpha value is -1.14. The number of aromatic nitrogens is 1. The number of hydrogen-bond donors (Lipinski definition) is 0. The van der Waals surface area contributed by atoms with Crippen LogP contribution in [0.2, 0.25) is 0 Å². The highest BCUT2D eigenvalue weighted by atomic mass is 79.9. The van der Waals surface area contributed by atoms with Gasteiger partial charge in [-0.1, -0.05) is 0 Å². The lowest BCUT2D eigenvalue weighted by molar-refractivity contribution is 0.0996. The highest BCUT2D eigenvalue weighted by molar-refractivity contribution is 9.10. The zero-order valence-corrected chi connectivity index (χ0v) is 12.1. The van der Waals surface area contributed by atoms with Crippen molar-refractivity contribution in [2.45, 2.75) is 13.8 Å². The summed E-state index contributed by atoms with van der Waals surface area (Å²) in [5.74, 6) is 0.989. The van der Waals surface area contributed by atoms with E-state index < -0.39 is 0 Å². The lowest BCUT2D eigenvalue weighted by atomic mass is 10.2. The summed E-state index contributed by atoms with van der Waals surface area (Å²) in [5, 5.41) is 1.88. The molecule has 0 radical (unpaired) electrons. The highest BCUT2D eigenvalue weighted by Gasteiger charge is 2.19. The molecule has 0 aliphatic rings. The summed E-state index contributed by atoms with van der Waals surface area (Å²) in [6.45, 7) is 3.56. The summed E-state index contributed by atoms with van der Waals surface area (Å²) in [6, 6.07) is 0. The number of halogens is 1. The summed E-state index contributed by atoms with van der Waals surface area (Å²) >= 11 is 4.77. The van der Waals surface area contributed by atoms with Crippen molar-refractivity contribution in [3.63, 3.8) is 0 Å². The van der Waals surface area contributed by atoms with Gasteiger partial charge >= 0.3 is 0 Å². The maximum absolute atomic E-state index is 12.1. The Kier molecular flexibility index (Phi) is 3.35. The smallest absolute Gasteiger partial charge is 0.284 e. The van der Waals surface area contributed by atoms with E-state index in [-0.39, 0.29) is 5.91 Å². The van der Waals surface area contributed by atoms with Gasteiger partial charge in [0.25, 0.3) is 5.91 Å². The van der Waals surface area contributed by atoms with Crippen LogP contribution in [0.5, 0.6) is 0 Å². The largest absolute Gasteiger partial charge is 0.465 e. The molecule has 6 heteroatoms. The van der Waals surface area contributed by atoms with Crippen molar-refractivity contribution in [2.24, 2.45) is 12.0 Å². The van der Waals surface area contributed by atoms with Crippen LogP contribution in [0.15, 0.2) is 25.5 Å². The molecule has 1 amide bonds. The van der Waals surface area contributed by atoms with E-state index in [0.717, 1.165) is 0 Å². The van der Waals surface area contributed by atoms with Gasteiger partial charge in [-0.05, 0) is 29.8 Å². The molecule has 17 heavy (non-hydrogen) atoms. The van der Waals surface area contributed by atoms with Gasteiger partial charge in [0.15, 0.2) is 4.80 Å². The Balaban J connectivity index is 2.50. The first-order valence-corrected chi connectivity index (χ1v) is 6.62. The molecule has 0 bridgehead atoms. The predicted molar refractivity (Wildman–Crippen MR) is 69.1 cm³/mol. The molecule has 2 heterocycles. The first kappa shape index (κ1) is 12.3. The minimum absolute atomic E-state index is 0.288. The molecule has 0 unspecified atom stereocenters. The first-order chi connectivity index (χ1) is 8.00. The number of carbonyl (C=O) groups is 1. The van der Waals surface area contributed by atoms with Gasteiger partial charge in [0, 0.05) is 18.6 Å². The number of thiazole rings is 1. The number of hydrogen-bond acceptors (Lipinski definition) is 3. The van der Waals surface area contributed by atoms with Gasteiger partial charge in [-0.25, -0.2) is 0 Å². The lowest BCUT2D eigenvalue weighted by Gasteiger charge is -1.93. The number of nitrogens with zero attached hydrogens (tertiary/aromatic N) is 2. The fourth-order valence-corrected chi connectivity index (χ4v) is 2.74. The molecule has 2 aromatic rings. The Morgan fingerprint density at radius 1 is 1.47 bits per heavy atom. The number of amides is 1. The van der Waals surface area contributed by atoms with Crippen molar-refractivity contribution in [3.05, 3.63) is 37.9 Å². The van der Waals surface area contributed by atoms with Crippen LogP contribution in [0, 0.1) is 13.8 Å².